The van der Waals surface area contributed by atoms with Crippen molar-refractivity contribution in [2.75, 3.05) is 0 Å². The van der Waals surface area contributed by atoms with Gasteiger partial charge in [0.2, 0.25) is 0 Å². The lowest BCUT2D eigenvalue weighted by Crippen LogP contribution is -2.60. The lowest BCUT2D eigenvalue weighted by molar-refractivity contribution is -0.346. The molecule has 9 N–H and O–H groups in total. The largest absolute Gasteiger partial charge is 0.458 e. The van der Waals surface area contributed by atoms with Crippen LogP contribution in [0.2, 0.25) is 0 Å². The summed E-state index contributed by atoms with van der Waals surface area (Å²) >= 11 is 0. The molecule has 462 valence electrons. The fourth-order valence-electron chi connectivity index (χ4n) is 12.4. The molecule has 5 rings (SSSR count). The quantitative estimate of drug-likeness (QED) is 0.0706. The van der Waals surface area contributed by atoms with Crippen molar-refractivity contribution in [3.63, 3.8) is 0 Å². The summed E-state index contributed by atoms with van der Waals surface area (Å²) in [5.41, 5.74) is 1.52. The van der Waals surface area contributed by atoms with Crippen LogP contribution in [0.3, 0.4) is 0 Å². The number of hydrogen-bond donors (Lipinski definition) is 9. The third kappa shape index (κ3) is 18.4. The summed E-state index contributed by atoms with van der Waals surface area (Å²) in [5, 5.41) is 101. The van der Waals surface area contributed by atoms with Crippen LogP contribution in [0.25, 0.3) is 0 Å². The van der Waals surface area contributed by atoms with Crippen LogP contribution < -0.4 is 0 Å². The molecule has 0 aliphatic carbocycles. The second-order valence-electron chi connectivity index (χ2n) is 23.5. The maximum atomic E-state index is 13.9. The van der Waals surface area contributed by atoms with Crippen molar-refractivity contribution in [2.45, 2.75) is 269 Å². The second-order valence-corrected chi connectivity index (χ2v) is 23.5. The molecule has 19 heteroatoms. The lowest BCUT2D eigenvalue weighted by atomic mass is 9.80. The van der Waals surface area contributed by atoms with Crippen LogP contribution in [0.15, 0.2) is 71.9 Å². The fraction of sp³-hybridized carbons (Fsp3) is 0.774. The molecule has 81 heavy (non-hydrogen) atoms. The molecule has 25 atom stereocenters. The molecular weight excluding hydrogens is 1050 g/mol. The minimum Gasteiger partial charge on any atom is -0.458 e. The van der Waals surface area contributed by atoms with Crippen LogP contribution in [0, 0.1) is 35.5 Å². The van der Waals surface area contributed by atoms with Gasteiger partial charge in [-0.2, -0.15) is 0 Å². The lowest BCUT2D eigenvalue weighted by Gasteiger charge is -2.48. The van der Waals surface area contributed by atoms with Gasteiger partial charge < -0.3 is 83.9 Å². The monoisotopic (exact) mass is 1150 g/mol. The summed E-state index contributed by atoms with van der Waals surface area (Å²) < 4.78 is 49.3. The highest BCUT2D eigenvalue weighted by Gasteiger charge is 2.52. The molecule has 0 saturated carbocycles. The van der Waals surface area contributed by atoms with Gasteiger partial charge >= 0.3 is 11.9 Å². The topological polar surface area (TPSA) is 290 Å². The Labute approximate surface area is 480 Å². The van der Waals surface area contributed by atoms with E-state index >= 15 is 0 Å². The van der Waals surface area contributed by atoms with Gasteiger partial charge in [-0.05, 0) is 77.4 Å². The molecule has 5 aliphatic rings. The fourth-order valence-corrected chi connectivity index (χ4v) is 12.4. The minimum absolute atomic E-state index is 0.00838. The Hall–Kier alpha value is -3.22. The Morgan fingerprint density at radius 2 is 1.00 bits per heavy atom. The van der Waals surface area contributed by atoms with E-state index in [9.17, 15) is 55.5 Å². The van der Waals surface area contributed by atoms with Crippen molar-refractivity contribution in [3.05, 3.63) is 71.9 Å². The number of aliphatic hydroxyl groups is 9. The van der Waals surface area contributed by atoms with Crippen LogP contribution in [-0.2, 0) is 47.5 Å². The first kappa shape index (κ1) is 68.6. The Morgan fingerprint density at radius 1 is 0.568 bits per heavy atom. The van der Waals surface area contributed by atoms with Crippen LogP contribution >= 0.6 is 0 Å². The molecular formula is C62H100O19. The molecule has 4 saturated heterocycles. The predicted octanol–water partition coefficient (Wildman–Crippen LogP) is 6.05. The molecule has 0 unspecified atom stereocenters. The van der Waals surface area contributed by atoms with Gasteiger partial charge in [0.1, 0.15) is 36.6 Å². The molecule has 19 nitrogen and oxygen atoms in total. The highest BCUT2D eigenvalue weighted by Crippen LogP contribution is 2.43. The molecule has 0 bridgehead atoms. The third-order valence-corrected chi connectivity index (χ3v) is 17.7. The zero-order valence-corrected chi connectivity index (χ0v) is 49.9. The maximum Gasteiger partial charge on any atom is 0.331 e. The summed E-state index contributed by atoms with van der Waals surface area (Å²) in [7, 11) is 0. The van der Waals surface area contributed by atoms with E-state index in [1.807, 2.05) is 84.9 Å². The van der Waals surface area contributed by atoms with E-state index in [4.69, 9.17) is 37.9 Å². The Morgan fingerprint density at radius 3 is 1.41 bits per heavy atom. The summed E-state index contributed by atoms with van der Waals surface area (Å²) in [6, 6.07) is 0. The van der Waals surface area contributed by atoms with Gasteiger partial charge in [0.25, 0.3) is 0 Å². The molecule has 0 amide bonds. The number of carbonyl (C=O) groups excluding carboxylic acids is 2. The number of ether oxygens (including phenoxy) is 8. The Balaban J connectivity index is 1.38. The summed E-state index contributed by atoms with van der Waals surface area (Å²) in [4.78, 5) is 27.8. The molecule has 0 radical (unpaired) electrons. The number of rotatable bonds is 18. The minimum atomic E-state index is -1.93. The SMILES string of the molecule is CCC1=C/C=C\[C@@H](CC)[C@H]([C@@H](C)[C@@H](O)C[C@@]2(O)C[C@H](O[C@@H]3C[C@@H](O)[C@H](O)[C@H](C)O3)[C@H](CC)[C@@H](C)O2)OC(=O)\C=C/C(CC)=C\C=C/[C@H](CC)[C@H]([C@H](C)[C@@H](O)C[C@@]2(O)C[C@@H](O[C@@H]3O[C@H](C)[C@@H](O)[C@@H](O)[C@H]3O)[C@H](CC)[C@H](C)O2)OC(=O)/C=C\1. The van der Waals surface area contributed by atoms with Crippen molar-refractivity contribution in [2.24, 2.45) is 35.5 Å². The van der Waals surface area contributed by atoms with Gasteiger partial charge in [-0.25, -0.2) is 9.59 Å². The van der Waals surface area contributed by atoms with E-state index < -0.39 is 151 Å². The number of carbonyl (C=O) groups is 2. The summed E-state index contributed by atoms with van der Waals surface area (Å²) in [6.07, 6.45) is 2.96. The van der Waals surface area contributed by atoms with Gasteiger partial charge in [-0.1, -0.05) is 104 Å². The van der Waals surface area contributed by atoms with E-state index in [2.05, 4.69) is 0 Å². The van der Waals surface area contributed by atoms with E-state index in [1.54, 1.807) is 46.8 Å². The molecule has 0 aromatic heterocycles. The molecule has 4 fully saturated rings. The highest BCUT2D eigenvalue weighted by molar-refractivity contribution is 5.83. The molecule has 0 aromatic carbocycles. The average molecular weight is 1150 g/mol. The van der Waals surface area contributed by atoms with Gasteiger partial charge in [-0.3, -0.25) is 0 Å². The first-order chi connectivity index (χ1) is 38.2. The maximum absolute atomic E-state index is 13.9. The third-order valence-electron chi connectivity index (χ3n) is 17.7. The molecule has 0 spiro atoms. The van der Waals surface area contributed by atoms with Crippen molar-refractivity contribution in [1.29, 1.82) is 0 Å². The van der Waals surface area contributed by atoms with Gasteiger partial charge in [0, 0.05) is 79.8 Å². The van der Waals surface area contributed by atoms with Gasteiger partial charge in [-0.15, -0.1) is 0 Å². The zero-order valence-electron chi connectivity index (χ0n) is 49.9. The second kappa shape index (κ2) is 31.3. The Kier molecular flexibility index (Phi) is 26.5. The predicted molar refractivity (Wildman–Crippen MR) is 301 cm³/mol. The number of hydrogen-bond acceptors (Lipinski definition) is 19. The van der Waals surface area contributed by atoms with E-state index in [0.29, 0.717) is 38.5 Å². The first-order valence-electron chi connectivity index (χ1n) is 30.0. The van der Waals surface area contributed by atoms with E-state index in [1.165, 1.54) is 12.2 Å². The Bertz CT molecular complexity index is 2150. The normalized spacial score (nSPS) is 44.1. The van der Waals surface area contributed by atoms with Crippen LogP contribution in [0.5, 0.6) is 0 Å². The van der Waals surface area contributed by atoms with E-state index in [0.717, 1.165) is 11.1 Å². The van der Waals surface area contributed by atoms with Crippen LogP contribution in [-0.4, -0.2) is 174 Å². The van der Waals surface area contributed by atoms with Crippen molar-refractivity contribution in [1.82, 2.24) is 0 Å². The van der Waals surface area contributed by atoms with Crippen molar-refractivity contribution in [3.8, 4) is 0 Å². The summed E-state index contributed by atoms with van der Waals surface area (Å²) in [6.45, 7) is 22.0. The number of allylic oxidation sites excluding steroid dienone is 8. The van der Waals surface area contributed by atoms with E-state index in [-0.39, 0.29) is 43.9 Å². The number of esters is 2. The standard InChI is InChI=1S/C62H100O19/c1-13-40-21-19-23-42(15-3)58(34(7)47(64)30-61(72)32-49(44(17-5)36(9)80-61)76-53-29-46(63)54(68)38(11)74-53)78-51(66)27-25-41(14-2)22-20-24-43(16-4)59(79-52(67)28-26-40)35(8)48(65)31-62(73)33-50(45(18-6)37(10)81-62)77-60-57(71)56(70)55(69)39(12)75-60/h19-28,34-39,42-50,53-60,63-65,68-73H,13-18,29-33H2,1-12H3/b23-19-,24-20-,27-25-,28-26-,40-21-,41-22-/t34-,35+,36+,37-,38-,39+,42+,43-,44+,45+,46+,47-,48-,49-,50+,53+,54+,55+,56+,57+,58-,59-,60-,61-,62-/m0/s1. The smallest absolute Gasteiger partial charge is 0.331 e. The molecule has 5 heterocycles. The van der Waals surface area contributed by atoms with Crippen LogP contribution in [0.4, 0.5) is 0 Å². The number of cyclic esters (lactones) is 2. The summed E-state index contributed by atoms with van der Waals surface area (Å²) in [5.74, 6) is -7.80. The molecule has 5 aliphatic heterocycles. The average Bonchev–Trinajstić information content (AvgIpc) is 3.40. The van der Waals surface area contributed by atoms with Crippen molar-refractivity contribution < 1.29 is 93.4 Å². The molecule has 0 aromatic rings. The van der Waals surface area contributed by atoms with Crippen molar-refractivity contribution >= 4 is 11.9 Å². The first-order valence-corrected chi connectivity index (χ1v) is 30.0. The zero-order chi connectivity index (χ0) is 60.1. The highest BCUT2D eigenvalue weighted by atomic mass is 16.7. The number of aliphatic hydroxyl groups excluding tert-OH is 7. The van der Waals surface area contributed by atoms with Crippen LogP contribution in [0.1, 0.15) is 154 Å². The van der Waals surface area contributed by atoms with Gasteiger partial charge in [0.05, 0.1) is 54.9 Å². The van der Waals surface area contributed by atoms with Gasteiger partial charge in [0.15, 0.2) is 24.2 Å².